The number of carboxylic acid groups (broad SMARTS) is 1. The molecule has 0 amide bonds. The topological polar surface area (TPSA) is 59.4 Å². The molecule has 1 heterocycles. The van der Waals surface area contributed by atoms with Crippen LogP contribution in [0.25, 0.3) is 0 Å². The Hall–Kier alpha value is -2.07. The number of hydrogen-bond donors (Lipinski definition) is 1. The van der Waals surface area contributed by atoms with Gasteiger partial charge in [0.1, 0.15) is 11.3 Å². The van der Waals surface area contributed by atoms with Gasteiger partial charge in [0.2, 0.25) is 5.88 Å². The third-order valence-corrected chi connectivity index (χ3v) is 3.84. The standard InChI is InChI=1S/C16H14ClNO3/c1-9-5-6-11(17)8-14(9)21-15-12(16(19)20)7-10-3-2-4-13(10)18-15/h5-8H,2-4H2,1H3,(H,19,20). The zero-order valence-corrected chi connectivity index (χ0v) is 12.3. The second kappa shape index (κ2) is 5.37. The third kappa shape index (κ3) is 2.72. The third-order valence-electron chi connectivity index (χ3n) is 3.60. The SMILES string of the molecule is Cc1ccc(Cl)cc1Oc1nc2c(cc1C(=O)O)CCC2. The van der Waals surface area contributed by atoms with Crippen LogP contribution in [-0.2, 0) is 12.8 Å². The average molecular weight is 304 g/mol. The molecule has 0 aliphatic heterocycles. The zero-order valence-electron chi connectivity index (χ0n) is 11.5. The van der Waals surface area contributed by atoms with Gasteiger partial charge in [0.05, 0.1) is 0 Å². The first-order chi connectivity index (χ1) is 10.0. The molecule has 21 heavy (non-hydrogen) atoms. The minimum absolute atomic E-state index is 0.0926. The minimum Gasteiger partial charge on any atom is -0.477 e. The second-order valence-corrected chi connectivity index (χ2v) is 5.55. The van der Waals surface area contributed by atoms with Gasteiger partial charge < -0.3 is 9.84 Å². The fourth-order valence-corrected chi connectivity index (χ4v) is 2.63. The van der Waals surface area contributed by atoms with Crippen molar-refractivity contribution in [1.29, 1.82) is 0 Å². The molecule has 0 fully saturated rings. The maximum absolute atomic E-state index is 11.4. The van der Waals surface area contributed by atoms with Crippen molar-refractivity contribution in [2.24, 2.45) is 0 Å². The molecule has 1 N–H and O–H groups in total. The van der Waals surface area contributed by atoms with Crippen LogP contribution in [0.15, 0.2) is 24.3 Å². The summed E-state index contributed by atoms with van der Waals surface area (Å²) in [5.41, 5.74) is 2.89. The van der Waals surface area contributed by atoms with Gasteiger partial charge in [-0.05, 0) is 55.5 Å². The van der Waals surface area contributed by atoms with Crippen LogP contribution in [0.4, 0.5) is 0 Å². The second-order valence-electron chi connectivity index (χ2n) is 5.12. The molecule has 4 nitrogen and oxygen atoms in total. The summed E-state index contributed by atoms with van der Waals surface area (Å²) in [6.45, 7) is 1.87. The molecule has 1 aliphatic rings. The van der Waals surface area contributed by atoms with Crippen molar-refractivity contribution in [3.8, 4) is 11.6 Å². The number of carbonyl (C=O) groups is 1. The van der Waals surface area contributed by atoms with Gasteiger partial charge in [-0.2, -0.15) is 0 Å². The summed E-state index contributed by atoms with van der Waals surface area (Å²) in [4.78, 5) is 15.8. The summed E-state index contributed by atoms with van der Waals surface area (Å²) < 4.78 is 5.73. The molecule has 1 aromatic carbocycles. The number of aromatic carboxylic acids is 1. The van der Waals surface area contributed by atoms with Crippen molar-refractivity contribution < 1.29 is 14.6 Å². The lowest BCUT2D eigenvalue weighted by Crippen LogP contribution is -2.05. The van der Waals surface area contributed by atoms with Crippen LogP contribution in [-0.4, -0.2) is 16.1 Å². The van der Waals surface area contributed by atoms with Crippen molar-refractivity contribution in [3.63, 3.8) is 0 Å². The van der Waals surface area contributed by atoms with Crippen molar-refractivity contribution in [3.05, 3.63) is 51.7 Å². The largest absolute Gasteiger partial charge is 0.477 e. The number of ether oxygens (including phenoxy) is 1. The molecule has 108 valence electrons. The van der Waals surface area contributed by atoms with E-state index in [0.717, 1.165) is 36.1 Å². The monoisotopic (exact) mass is 303 g/mol. The Kier molecular flexibility index (Phi) is 3.55. The Balaban J connectivity index is 2.05. The van der Waals surface area contributed by atoms with Crippen LogP contribution in [0.3, 0.4) is 0 Å². The predicted octanol–water partition coefficient (Wildman–Crippen LogP) is 4.02. The molecule has 0 atom stereocenters. The summed E-state index contributed by atoms with van der Waals surface area (Å²) in [5.74, 6) is -0.379. The number of aromatic nitrogens is 1. The first-order valence-electron chi connectivity index (χ1n) is 6.74. The highest BCUT2D eigenvalue weighted by Crippen LogP contribution is 2.32. The molecule has 0 saturated heterocycles. The lowest BCUT2D eigenvalue weighted by atomic mass is 10.1. The van der Waals surface area contributed by atoms with Gasteiger partial charge in [-0.3, -0.25) is 0 Å². The molecule has 1 aliphatic carbocycles. The van der Waals surface area contributed by atoms with E-state index >= 15 is 0 Å². The fraction of sp³-hybridized carbons (Fsp3) is 0.250. The lowest BCUT2D eigenvalue weighted by molar-refractivity contribution is 0.0693. The van der Waals surface area contributed by atoms with Crippen LogP contribution < -0.4 is 4.74 Å². The minimum atomic E-state index is -1.04. The highest BCUT2D eigenvalue weighted by Gasteiger charge is 2.21. The molecular formula is C16H14ClNO3. The maximum Gasteiger partial charge on any atom is 0.341 e. The van der Waals surface area contributed by atoms with E-state index in [1.165, 1.54) is 0 Å². The first-order valence-corrected chi connectivity index (χ1v) is 7.12. The zero-order chi connectivity index (χ0) is 15.0. The summed E-state index contributed by atoms with van der Waals surface area (Å²) >= 11 is 5.96. The molecule has 0 saturated carbocycles. The van der Waals surface area contributed by atoms with Crippen LogP contribution >= 0.6 is 11.6 Å². The summed E-state index contributed by atoms with van der Waals surface area (Å²) in [6, 6.07) is 6.92. The summed E-state index contributed by atoms with van der Waals surface area (Å²) in [5, 5.41) is 9.89. The van der Waals surface area contributed by atoms with Crippen molar-refractivity contribution >= 4 is 17.6 Å². The van der Waals surface area contributed by atoms with Crippen molar-refractivity contribution in [2.75, 3.05) is 0 Å². The normalized spacial score (nSPS) is 13.0. The first kappa shape index (κ1) is 13.9. The lowest BCUT2D eigenvalue weighted by Gasteiger charge is -2.12. The molecule has 1 aromatic heterocycles. The van der Waals surface area contributed by atoms with E-state index < -0.39 is 5.97 Å². The van der Waals surface area contributed by atoms with E-state index in [1.54, 1.807) is 18.2 Å². The van der Waals surface area contributed by atoms with E-state index in [0.29, 0.717) is 10.8 Å². The van der Waals surface area contributed by atoms with E-state index in [2.05, 4.69) is 4.98 Å². The van der Waals surface area contributed by atoms with Gasteiger partial charge in [0.25, 0.3) is 0 Å². The highest BCUT2D eigenvalue weighted by atomic mass is 35.5. The molecule has 3 rings (SSSR count). The Labute approximate surface area is 127 Å². The van der Waals surface area contributed by atoms with Gasteiger partial charge in [-0.15, -0.1) is 0 Å². The van der Waals surface area contributed by atoms with Gasteiger partial charge >= 0.3 is 5.97 Å². The molecular weight excluding hydrogens is 290 g/mol. The Morgan fingerprint density at radius 3 is 2.90 bits per heavy atom. The van der Waals surface area contributed by atoms with Crippen LogP contribution in [0.5, 0.6) is 11.6 Å². The van der Waals surface area contributed by atoms with E-state index in [4.69, 9.17) is 16.3 Å². The van der Waals surface area contributed by atoms with Gasteiger partial charge in [-0.25, -0.2) is 9.78 Å². The molecule has 0 radical (unpaired) electrons. The number of aryl methyl sites for hydroxylation is 3. The predicted molar refractivity (Wildman–Crippen MR) is 79.5 cm³/mol. The van der Waals surface area contributed by atoms with E-state index in [-0.39, 0.29) is 11.4 Å². The molecule has 0 bridgehead atoms. The molecule has 0 spiro atoms. The summed E-state index contributed by atoms with van der Waals surface area (Å²) in [6.07, 6.45) is 2.74. The van der Waals surface area contributed by atoms with Crippen LogP contribution in [0, 0.1) is 6.92 Å². The average Bonchev–Trinajstić information content (AvgIpc) is 2.89. The quantitative estimate of drug-likeness (QED) is 0.930. The smallest absolute Gasteiger partial charge is 0.341 e. The molecule has 5 heteroatoms. The number of pyridine rings is 1. The van der Waals surface area contributed by atoms with Gasteiger partial charge in [0, 0.05) is 10.7 Å². The number of rotatable bonds is 3. The van der Waals surface area contributed by atoms with Gasteiger partial charge in [0.15, 0.2) is 0 Å². The van der Waals surface area contributed by atoms with Crippen molar-refractivity contribution in [1.82, 2.24) is 4.98 Å². The van der Waals surface area contributed by atoms with Crippen molar-refractivity contribution in [2.45, 2.75) is 26.2 Å². The number of halogens is 1. The molecule has 0 unspecified atom stereocenters. The fourth-order valence-electron chi connectivity index (χ4n) is 2.47. The number of fused-ring (bicyclic) bond motifs is 1. The summed E-state index contributed by atoms with van der Waals surface area (Å²) in [7, 11) is 0. The molecule has 2 aromatic rings. The number of hydrogen-bond acceptors (Lipinski definition) is 3. The highest BCUT2D eigenvalue weighted by molar-refractivity contribution is 6.30. The van der Waals surface area contributed by atoms with Gasteiger partial charge in [-0.1, -0.05) is 17.7 Å². The number of benzene rings is 1. The number of nitrogens with zero attached hydrogens (tertiary/aromatic N) is 1. The van der Waals surface area contributed by atoms with E-state index in [9.17, 15) is 9.90 Å². The van der Waals surface area contributed by atoms with E-state index in [1.807, 2.05) is 13.0 Å². The Morgan fingerprint density at radius 2 is 2.14 bits per heavy atom. The Morgan fingerprint density at radius 1 is 1.33 bits per heavy atom. The number of carboxylic acids is 1. The van der Waals surface area contributed by atoms with Crippen LogP contribution in [0.1, 0.15) is 33.6 Å². The Bertz CT molecular complexity index is 728. The maximum atomic E-state index is 11.4. The van der Waals surface area contributed by atoms with Crippen LogP contribution in [0.2, 0.25) is 5.02 Å².